The van der Waals surface area contributed by atoms with E-state index in [0.717, 1.165) is 30.2 Å². The van der Waals surface area contributed by atoms with Crippen LogP contribution in [-0.4, -0.2) is 27.5 Å². The molecule has 1 heterocycles. The number of nitrogens with one attached hydrogen (secondary N) is 2. The van der Waals surface area contributed by atoms with Gasteiger partial charge in [-0.1, -0.05) is 19.3 Å². The molecule has 1 fully saturated rings. The van der Waals surface area contributed by atoms with Crippen LogP contribution in [0.3, 0.4) is 0 Å². The van der Waals surface area contributed by atoms with Crippen molar-refractivity contribution in [3.8, 4) is 0 Å². The van der Waals surface area contributed by atoms with E-state index < -0.39 is 11.5 Å². The van der Waals surface area contributed by atoms with E-state index in [1.54, 1.807) is 12.1 Å². The Hall–Kier alpha value is -2.30. The molecule has 3 N–H and O–H groups in total. The Morgan fingerprint density at radius 3 is 2.62 bits per heavy atom. The molecule has 0 aliphatic heterocycles. The number of carboxylic acids is 1. The zero-order chi connectivity index (χ0) is 14.9. The topological polar surface area (TPSA) is 82.2 Å². The highest BCUT2D eigenvalue weighted by Gasteiger charge is 2.41. The number of H-pyrrole nitrogens is 1. The number of hydrogen-bond acceptors (Lipinski definition) is 2. The van der Waals surface area contributed by atoms with Crippen molar-refractivity contribution in [3.63, 3.8) is 0 Å². The van der Waals surface area contributed by atoms with Crippen LogP contribution in [0.25, 0.3) is 10.9 Å². The Morgan fingerprint density at radius 1 is 1.14 bits per heavy atom. The maximum absolute atomic E-state index is 12.4. The predicted molar refractivity (Wildman–Crippen MR) is 79.2 cm³/mol. The molecule has 0 unspecified atom stereocenters. The lowest BCUT2D eigenvalue weighted by atomic mass is 9.81. The summed E-state index contributed by atoms with van der Waals surface area (Å²) in [5, 5.41) is 13.2. The minimum atomic E-state index is -1.11. The number of hydrogen-bond donors (Lipinski definition) is 3. The maximum atomic E-state index is 12.4. The van der Waals surface area contributed by atoms with Crippen molar-refractivity contribution in [1.82, 2.24) is 10.3 Å². The molecule has 1 aliphatic carbocycles. The molecule has 5 nitrogen and oxygen atoms in total. The van der Waals surface area contributed by atoms with Gasteiger partial charge < -0.3 is 15.4 Å². The summed E-state index contributed by atoms with van der Waals surface area (Å²) >= 11 is 0. The van der Waals surface area contributed by atoms with Gasteiger partial charge in [-0.15, -0.1) is 0 Å². The summed E-state index contributed by atoms with van der Waals surface area (Å²) in [5.74, 6) is -1.25. The monoisotopic (exact) mass is 286 g/mol. The van der Waals surface area contributed by atoms with Gasteiger partial charge >= 0.3 is 5.97 Å². The summed E-state index contributed by atoms with van der Waals surface area (Å²) in [7, 11) is 0. The number of aromatic nitrogens is 1. The van der Waals surface area contributed by atoms with Crippen LogP contribution >= 0.6 is 0 Å². The summed E-state index contributed by atoms with van der Waals surface area (Å²) in [6, 6.07) is 7.21. The molecule has 1 saturated carbocycles. The molecular weight excluding hydrogens is 268 g/mol. The average Bonchev–Trinajstić information content (AvgIpc) is 2.95. The van der Waals surface area contributed by atoms with Crippen LogP contribution < -0.4 is 5.32 Å². The van der Waals surface area contributed by atoms with Crippen molar-refractivity contribution in [2.24, 2.45) is 0 Å². The Balaban J connectivity index is 1.85. The van der Waals surface area contributed by atoms with E-state index in [1.807, 2.05) is 18.3 Å². The van der Waals surface area contributed by atoms with Crippen LogP contribution in [0.4, 0.5) is 0 Å². The van der Waals surface area contributed by atoms with Crippen molar-refractivity contribution in [1.29, 1.82) is 0 Å². The van der Waals surface area contributed by atoms with E-state index >= 15 is 0 Å². The van der Waals surface area contributed by atoms with E-state index in [0.29, 0.717) is 18.4 Å². The van der Waals surface area contributed by atoms with Gasteiger partial charge in [0.15, 0.2) is 0 Å². The molecule has 3 rings (SSSR count). The molecule has 5 heteroatoms. The molecule has 1 aromatic heterocycles. The number of aliphatic carboxylic acids is 1. The smallest absolute Gasteiger partial charge is 0.329 e. The molecule has 0 bridgehead atoms. The fourth-order valence-electron chi connectivity index (χ4n) is 3.03. The van der Waals surface area contributed by atoms with E-state index in [2.05, 4.69) is 10.3 Å². The quantitative estimate of drug-likeness (QED) is 0.811. The zero-order valence-corrected chi connectivity index (χ0v) is 11.7. The standard InChI is InChI=1S/C16H18N2O3/c19-14(12-4-5-13-11(10-12)6-9-17-13)18-16(15(20)21)7-2-1-3-8-16/h4-6,9-10,17H,1-3,7-8H2,(H,18,19)(H,20,21). The lowest BCUT2D eigenvalue weighted by Crippen LogP contribution is -2.55. The lowest BCUT2D eigenvalue weighted by molar-refractivity contribution is -0.145. The van der Waals surface area contributed by atoms with Crippen molar-refractivity contribution in [3.05, 3.63) is 36.0 Å². The lowest BCUT2D eigenvalue weighted by Gasteiger charge is -2.34. The molecule has 1 aliphatic rings. The number of aromatic amines is 1. The number of carbonyl (C=O) groups excluding carboxylic acids is 1. The Morgan fingerprint density at radius 2 is 1.90 bits per heavy atom. The summed E-state index contributed by atoms with van der Waals surface area (Å²) in [4.78, 5) is 27.1. The molecule has 0 atom stereocenters. The average molecular weight is 286 g/mol. The van der Waals surface area contributed by atoms with Crippen LogP contribution in [0.15, 0.2) is 30.5 Å². The largest absolute Gasteiger partial charge is 0.480 e. The number of amides is 1. The molecule has 21 heavy (non-hydrogen) atoms. The number of carbonyl (C=O) groups is 2. The summed E-state index contributed by atoms with van der Waals surface area (Å²) < 4.78 is 0. The second-order valence-corrected chi connectivity index (χ2v) is 5.68. The van der Waals surface area contributed by atoms with Crippen LogP contribution in [0.5, 0.6) is 0 Å². The maximum Gasteiger partial charge on any atom is 0.329 e. The van der Waals surface area contributed by atoms with Crippen molar-refractivity contribution in [2.45, 2.75) is 37.6 Å². The number of benzene rings is 1. The minimum absolute atomic E-state index is 0.317. The van der Waals surface area contributed by atoms with Crippen molar-refractivity contribution >= 4 is 22.8 Å². The number of carboxylic acid groups (broad SMARTS) is 1. The minimum Gasteiger partial charge on any atom is -0.480 e. The first kappa shape index (κ1) is 13.7. The predicted octanol–water partition coefficient (Wildman–Crippen LogP) is 2.69. The Bertz CT molecular complexity index is 684. The zero-order valence-electron chi connectivity index (χ0n) is 11.7. The molecule has 0 radical (unpaired) electrons. The molecule has 1 aromatic carbocycles. The highest BCUT2D eigenvalue weighted by atomic mass is 16.4. The van der Waals surface area contributed by atoms with Gasteiger partial charge in [0, 0.05) is 22.7 Å². The first-order chi connectivity index (χ1) is 10.1. The van der Waals surface area contributed by atoms with Crippen LogP contribution in [-0.2, 0) is 4.79 Å². The van der Waals surface area contributed by atoms with Crippen molar-refractivity contribution in [2.75, 3.05) is 0 Å². The fraction of sp³-hybridized carbons (Fsp3) is 0.375. The van der Waals surface area contributed by atoms with Gasteiger partial charge in [0.1, 0.15) is 5.54 Å². The molecule has 0 spiro atoms. The van der Waals surface area contributed by atoms with Gasteiger partial charge in [0.25, 0.3) is 5.91 Å². The highest BCUT2D eigenvalue weighted by Crippen LogP contribution is 2.29. The van der Waals surface area contributed by atoms with Gasteiger partial charge in [-0.3, -0.25) is 4.79 Å². The normalized spacial score (nSPS) is 17.5. The summed E-state index contributed by atoms with van der Waals surface area (Å²) in [6.07, 6.45) is 5.51. The summed E-state index contributed by atoms with van der Waals surface area (Å²) in [5.41, 5.74) is 0.341. The number of rotatable bonds is 3. The van der Waals surface area contributed by atoms with Crippen LogP contribution in [0, 0.1) is 0 Å². The van der Waals surface area contributed by atoms with E-state index in [-0.39, 0.29) is 5.91 Å². The van der Waals surface area contributed by atoms with Gasteiger partial charge in [-0.25, -0.2) is 4.79 Å². The second-order valence-electron chi connectivity index (χ2n) is 5.68. The first-order valence-electron chi connectivity index (χ1n) is 7.24. The molecular formula is C16H18N2O3. The van der Waals surface area contributed by atoms with Crippen molar-refractivity contribution < 1.29 is 14.7 Å². The molecule has 1 amide bonds. The fourth-order valence-corrected chi connectivity index (χ4v) is 3.03. The third kappa shape index (κ3) is 2.51. The van der Waals surface area contributed by atoms with Crippen LogP contribution in [0.2, 0.25) is 0 Å². The van der Waals surface area contributed by atoms with Gasteiger partial charge in [0.2, 0.25) is 0 Å². The van der Waals surface area contributed by atoms with Gasteiger partial charge in [0.05, 0.1) is 0 Å². The molecule has 110 valence electrons. The molecule has 0 saturated heterocycles. The van der Waals surface area contributed by atoms with E-state index in [1.165, 1.54) is 0 Å². The van der Waals surface area contributed by atoms with Crippen LogP contribution in [0.1, 0.15) is 42.5 Å². The Kier molecular flexibility index (Phi) is 3.41. The third-order valence-electron chi connectivity index (χ3n) is 4.28. The highest BCUT2D eigenvalue weighted by molar-refractivity contribution is 6.00. The Labute approximate surface area is 122 Å². The SMILES string of the molecule is O=C(NC1(C(=O)O)CCCCC1)c1ccc2[nH]ccc2c1. The first-order valence-corrected chi connectivity index (χ1v) is 7.24. The van der Waals surface area contributed by atoms with E-state index in [4.69, 9.17) is 0 Å². The van der Waals surface area contributed by atoms with Gasteiger partial charge in [-0.2, -0.15) is 0 Å². The number of fused-ring (bicyclic) bond motifs is 1. The summed E-state index contributed by atoms with van der Waals surface area (Å²) in [6.45, 7) is 0. The molecule has 2 aromatic rings. The van der Waals surface area contributed by atoms with Gasteiger partial charge in [-0.05, 0) is 37.1 Å². The second kappa shape index (κ2) is 5.24. The third-order valence-corrected chi connectivity index (χ3v) is 4.28. The van der Waals surface area contributed by atoms with E-state index in [9.17, 15) is 14.7 Å².